The summed E-state index contributed by atoms with van der Waals surface area (Å²) in [5, 5.41) is 8.77. The summed E-state index contributed by atoms with van der Waals surface area (Å²) in [7, 11) is 0. The van der Waals surface area contributed by atoms with Gasteiger partial charge in [0.25, 0.3) is 0 Å². The first-order valence-electron chi connectivity index (χ1n) is 6.84. The van der Waals surface area contributed by atoms with E-state index in [0.29, 0.717) is 32.0 Å². The molecule has 0 aromatic rings. The van der Waals surface area contributed by atoms with Crippen molar-refractivity contribution in [1.29, 1.82) is 0 Å². The van der Waals surface area contributed by atoms with Gasteiger partial charge in [0.05, 0.1) is 19.8 Å². The molecule has 112 valence electrons. The van der Waals surface area contributed by atoms with Gasteiger partial charge in [-0.2, -0.15) is 0 Å². The van der Waals surface area contributed by atoms with Crippen LogP contribution in [0.1, 0.15) is 26.7 Å². The van der Waals surface area contributed by atoms with Gasteiger partial charge in [0.1, 0.15) is 11.5 Å². The Balaban J connectivity index is 2.72. The molecule has 0 aromatic heterocycles. The summed E-state index contributed by atoms with van der Waals surface area (Å²) < 4.78 is 15.9. The summed E-state index contributed by atoms with van der Waals surface area (Å²) in [5.41, 5.74) is 0.936. The number of aliphatic hydroxyl groups excluding tert-OH is 1. The smallest absolute Gasteiger partial charge is 0.330 e. The minimum atomic E-state index is -0.391. The number of hydrogen-bond acceptors (Lipinski definition) is 5. The van der Waals surface area contributed by atoms with Gasteiger partial charge in [-0.05, 0) is 26.0 Å². The Morgan fingerprint density at radius 1 is 1.45 bits per heavy atom. The van der Waals surface area contributed by atoms with E-state index >= 15 is 0 Å². The van der Waals surface area contributed by atoms with Gasteiger partial charge in [-0.25, -0.2) is 4.79 Å². The molecule has 0 radical (unpaired) electrons. The quantitative estimate of drug-likeness (QED) is 0.319. The lowest BCUT2D eigenvalue weighted by Gasteiger charge is -2.10. The predicted octanol–water partition coefficient (Wildman–Crippen LogP) is 2.08. The topological polar surface area (TPSA) is 65.0 Å². The minimum Gasteiger partial charge on any atom is -0.493 e. The Morgan fingerprint density at radius 2 is 2.25 bits per heavy atom. The lowest BCUT2D eigenvalue weighted by atomic mass is 10.1. The van der Waals surface area contributed by atoms with Crippen LogP contribution in [-0.2, 0) is 19.0 Å². The molecule has 1 heterocycles. The second kappa shape index (κ2) is 9.20. The molecular weight excluding hydrogens is 260 g/mol. The fourth-order valence-electron chi connectivity index (χ4n) is 1.79. The molecule has 5 heteroatoms. The number of carbonyl (C=O) groups is 1. The lowest BCUT2D eigenvalue weighted by Crippen LogP contribution is -2.01. The Labute approximate surface area is 119 Å². The first-order chi connectivity index (χ1) is 9.72. The van der Waals surface area contributed by atoms with Crippen LogP contribution in [0, 0.1) is 0 Å². The van der Waals surface area contributed by atoms with E-state index in [1.165, 1.54) is 6.08 Å². The van der Waals surface area contributed by atoms with E-state index in [2.05, 4.69) is 0 Å². The number of aliphatic hydroxyl groups is 1. The van der Waals surface area contributed by atoms with Crippen LogP contribution < -0.4 is 0 Å². The molecule has 0 saturated heterocycles. The fraction of sp³-hybridized carbons (Fsp3) is 0.533. The second-order valence-corrected chi connectivity index (χ2v) is 4.11. The van der Waals surface area contributed by atoms with E-state index in [0.717, 1.165) is 17.8 Å². The van der Waals surface area contributed by atoms with Gasteiger partial charge >= 0.3 is 5.97 Å². The molecular formula is C15H22O5. The van der Waals surface area contributed by atoms with Crippen molar-refractivity contribution in [2.75, 3.05) is 26.4 Å². The third-order valence-corrected chi connectivity index (χ3v) is 2.68. The van der Waals surface area contributed by atoms with Crippen LogP contribution in [-0.4, -0.2) is 37.5 Å². The van der Waals surface area contributed by atoms with E-state index in [1.54, 1.807) is 13.0 Å². The molecule has 0 amide bonds. The van der Waals surface area contributed by atoms with Crippen molar-refractivity contribution in [1.82, 2.24) is 0 Å². The molecule has 20 heavy (non-hydrogen) atoms. The van der Waals surface area contributed by atoms with Crippen molar-refractivity contribution in [3.63, 3.8) is 0 Å². The molecule has 1 N–H and O–H groups in total. The fourth-order valence-corrected chi connectivity index (χ4v) is 1.79. The minimum absolute atomic E-state index is 0.0994. The van der Waals surface area contributed by atoms with Crippen LogP contribution in [0.3, 0.4) is 0 Å². The van der Waals surface area contributed by atoms with Gasteiger partial charge in [-0.15, -0.1) is 0 Å². The van der Waals surface area contributed by atoms with Crippen LogP contribution in [0.25, 0.3) is 0 Å². The molecule has 0 aromatic carbocycles. The number of esters is 1. The largest absolute Gasteiger partial charge is 0.493 e. The number of allylic oxidation sites excluding steroid dienone is 3. The van der Waals surface area contributed by atoms with Crippen LogP contribution in [0.4, 0.5) is 0 Å². The molecule has 0 saturated carbocycles. The second-order valence-electron chi connectivity index (χ2n) is 4.11. The molecule has 0 atom stereocenters. The molecule has 0 aliphatic carbocycles. The van der Waals surface area contributed by atoms with E-state index in [9.17, 15) is 4.79 Å². The number of carbonyl (C=O) groups excluding carboxylic acids is 1. The monoisotopic (exact) mass is 282 g/mol. The number of ether oxygens (including phenoxy) is 3. The van der Waals surface area contributed by atoms with Crippen molar-refractivity contribution < 1.29 is 24.1 Å². The molecule has 1 aliphatic heterocycles. The zero-order valence-corrected chi connectivity index (χ0v) is 12.1. The zero-order valence-electron chi connectivity index (χ0n) is 12.1. The standard InChI is InChI=1S/C15H22O5/c1-3-13(19-10-5-9-16)12-8-11-20-14(12)6-7-15(17)18-4-2/h3,6-7,16H,4-5,8-11H2,1-2H3/b7-6+,13-3+. The van der Waals surface area contributed by atoms with Crippen molar-refractivity contribution in [3.8, 4) is 0 Å². The number of hydrogen-bond donors (Lipinski definition) is 1. The lowest BCUT2D eigenvalue weighted by molar-refractivity contribution is -0.137. The molecule has 1 aliphatic rings. The maximum atomic E-state index is 11.3. The van der Waals surface area contributed by atoms with Gasteiger partial charge in [-0.1, -0.05) is 0 Å². The first-order valence-corrected chi connectivity index (χ1v) is 6.84. The van der Waals surface area contributed by atoms with E-state index in [4.69, 9.17) is 19.3 Å². The van der Waals surface area contributed by atoms with Gasteiger partial charge in [0.15, 0.2) is 0 Å². The van der Waals surface area contributed by atoms with Gasteiger partial charge in [-0.3, -0.25) is 0 Å². The van der Waals surface area contributed by atoms with Crippen molar-refractivity contribution in [3.05, 3.63) is 35.3 Å². The summed E-state index contributed by atoms with van der Waals surface area (Å²) in [6.45, 7) is 5.11. The highest BCUT2D eigenvalue weighted by molar-refractivity contribution is 5.82. The highest BCUT2D eigenvalue weighted by atomic mass is 16.5. The average Bonchev–Trinajstić information content (AvgIpc) is 2.90. The molecule has 5 nitrogen and oxygen atoms in total. The molecule has 0 bridgehead atoms. The SMILES string of the molecule is C/C=C(/OCCCO)C1=C(/C=C/C(=O)OCC)OCC1. The molecule has 0 unspecified atom stereocenters. The Kier molecular flexibility index (Phi) is 7.50. The summed E-state index contributed by atoms with van der Waals surface area (Å²) in [5.74, 6) is 0.979. The summed E-state index contributed by atoms with van der Waals surface area (Å²) in [6.07, 6.45) is 6.14. The normalized spacial score (nSPS) is 15.7. The van der Waals surface area contributed by atoms with E-state index < -0.39 is 5.97 Å². The summed E-state index contributed by atoms with van der Waals surface area (Å²) in [6, 6.07) is 0. The molecule has 1 rings (SSSR count). The summed E-state index contributed by atoms with van der Waals surface area (Å²) >= 11 is 0. The summed E-state index contributed by atoms with van der Waals surface area (Å²) in [4.78, 5) is 11.3. The highest BCUT2D eigenvalue weighted by Crippen LogP contribution is 2.27. The number of rotatable bonds is 8. The Hall–Kier alpha value is -1.75. The van der Waals surface area contributed by atoms with E-state index in [1.807, 2.05) is 13.0 Å². The Morgan fingerprint density at radius 3 is 2.90 bits per heavy atom. The third kappa shape index (κ3) is 5.09. The van der Waals surface area contributed by atoms with E-state index in [-0.39, 0.29) is 6.61 Å². The van der Waals surface area contributed by atoms with Crippen LogP contribution >= 0.6 is 0 Å². The van der Waals surface area contributed by atoms with Crippen molar-refractivity contribution >= 4 is 5.97 Å². The van der Waals surface area contributed by atoms with Crippen LogP contribution in [0.15, 0.2) is 35.3 Å². The predicted molar refractivity (Wildman–Crippen MR) is 74.8 cm³/mol. The van der Waals surface area contributed by atoms with Gasteiger partial charge in [0.2, 0.25) is 0 Å². The Bertz CT molecular complexity index is 406. The third-order valence-electron chi connectivity index (χ3n) is 2.68. The zero-order chi connectivity index (χ0) is 14.8. The highest BCUT2D eigenvalue weighted by Gasteiger charge is 2.18. The van der Waals surface area contributed by atoms with Crippen LogP contribution in [0.5, 0.6) is 0 Å². The maximum absolute atomic E-state index is 11.3. The van der Waals surface area contributed by atoms with Gasteiger partial charge < -0.3 is 19.3 Å². The average molecular weight is 282 g/mol. The van der Waals surface area contributed by atoms with Crippen LogP contribution in [0.2, 0.25) is 0 Å². The van der Waals surface area contributed by atoms with Crippen molar-refractivity contribution in [2.24, 2.45) is 0 Å². The maximum Gasteiger partial charge on any atom is 0.330 e. The van der Waals surface area contributed by atoms with Crippen molar-refractivity contribution in [2.45, 2.75) is 26.7 Å². The molecule has 0 fully saturated rings. The molecule has 0 spiro atoms. The first kappa shape index (κ1) is 16.3. The van der Waals surface area contributed by atoms with Gasteiger partial charge in [0, 0.05) is 31.1 Å².